The minimum Gasteiger partial charge on any atom is -0.314 e. The van der Waals surface area contributed by atoms with Gasteiger partial charge in [0.05, 0.1) is 5.75 Å². The van der Waals surface area contributed by atoms with Gasteiger partial charge in [0.1, 0.15) is 0 Å². The summed E-state index contributed by atoms with van der Waals surface area (Å²) in [5, 5.41) is 3.37. The number of hydrogen-bond acceptors (Lipinski definition) is 3. The van der Waals surface area contributed by atoms with Crippen molar-refractivity contribution in [1.29, 1.82) is 0 Å². The molecule has 0 aromatic heterocycles. The Morgan fingerprint density at radius 3 is 2.32 bits per heavy atom. The van der Waals surface area contributed by atoms with Crippen molar-refractivity contribution in [3.8, 4) is 0 Å². The Kier molecular flexibility index (Phi) is 2.94. The van der Waals surface area contributed by atoms with Crippen LogP contribution in [0, 0.1) is 23.7 Å². The van der Waals surface area contributed by atoms with Gasteiger partial charge in [-0.3, -0.25) is 0 Å². The molecule has 2 N–H and O–H groups in total. The van der Waals surface area contributed by atoms with E-state index in [9.17, 15) is 8.42 Å². The van der Waals surface area contributed by atoms with Gasteiger partial charge in [-0.05, 0) is 68.7 Å². The number of nitrogens with one attached hydrogen (secondary N) is 2. The second-order valence-corrected chi connectivity index (χ2v) is 8.91. The van der Waals surface area contributed by atoms with Crippen LogP contribution in [0.5, 0.6) is 0 Å². The van der Waals surface area contributed by atoms with E-state index >= 15 is 0 Å². The van der Waals surface area contributed by atoms with Crippen LogP contribution >= 0.6 is 0 Å². The van der Waals surface area contributed by atoms with E-state index in [1.807, 2.05) is 0 Å². The average Bonchev–Trinajstić information content (AvgIpc) is 3.24. The summed E-state index contributed by atoms with van der Waals surface area (Å²) in [6.45, 7) is 0.842. The largest absolute Gasteiger partial charge is 0.314 e. The number of fused-ring (bicyclic) bond motifs is 5. The molecule has 4 fully saturated rings. The maximum Gasteiger partial charge on any atom is 0.211 e. The van der Waals surface area contributed by atoms with Crippen LogP contribution in [0.1, 0.15) is 38.5 Å². The minimum absolute atomic E-state index is 0.290. The van der Waals surface area contributed by atoms with Crippen molar-refractivity contribution >= 4 is 10.0 Å². The molecule has 4 rings (SSSR count). The zero-order valence-electron chi connectivity index (χ0n) is 11.3. The summed E-state index contributed by atoms with van der Waals surface area (Å²) < 4.78 is 27.1. The van der Waals surface area contributed by atoms with Crippen molar-refractivity contribution in [2.75, 3.05) is 12.3 Å². The summed E-state index contributed by atoms with van der Waals surface area (Å²) in [5.41, 5.74) is 0. The molecule has 4 aliphatic carbocycles. The second kappa shape index (κ2) is 4.43. The SMILES string of the molecule is O=S(=O)(CCCNC1CC1)NC1C2C3CCC(C3)C12. The number of sulfonamides is 1. The minimum atomic E-state index is -3.05. The normalized spacial score (nSPS) is 43.5. The van der Waals surface area contributed by atoms with Gasteiger partial charge in [-0.25, -0.2) is 13.1 Å². The number of hydrogen-bond donors (Lipinski definition) is 2. The fourth-order valence-electron chi connectivity index (χ4n) is 4.61. The van der Waals surface area contributed by atoms with Gasteiger partial charge in [0.2, 0.25) is 10.0 Å². The molecule has 0 aromatic rings. The molecule has 0 aromatic carbocycles. The maximum atomic E-state index is 12.1. The van der Waals surface area contributed by atoms with Gasteiger partial charge in [-0.15, -0.1) is 0 Å². The van der Waals surface area contributed by atoms with Gasteiger partial charge < -0.3 is 5.32 Å². The van der Waals surface area contributed by atoms with Gasteiger partial charge in [0.25, 0.3) is 0 Å². The summed E-state index contributed by atoms with van der Waals surface area (Å²) in [6.07, 6.45) is 7.32. The van der Waals surface area contributed by atoms with Crippen LogP contribution in [0.15, 0.2) is 0 Å². The summed E-state index contributed by atoms with van der Waals surface area (Å²) in [6, 6.07) is 0.974. The molecule has 0 amide bonds. The molecule has 108 valence electrons. The highest BCUT2D eigenvalue weighted by atomic mass is 32.2. The van der Waals surface area contributed by atoms with E-state index in [1.165, 1.54) is 32.1 Å². The fraction of sp³-hybridized carbons (Fsp3) is 1.00. The highest BCUT2D eigenvalue weighted by Crippen LogP contribution is 2.65. The molecule has 4 atom stereocenters. The zero-order chi connectivity index (χ0) is 13.0. The Morgan fingerprint density at radius 1 is 1.00 bits per heavy atom. The lowest BCUT2D eigenvalue weighted by molar-refractivity contribution is 0.456. The summed E-state index contributed by atoms with van der Waals surface area (Å²) >= 11 is 0. The van der Waals surface area contributed by atoms with Gasteiger partial charge in [-0.1, -0.05) is 0 Å². The van der Waals surface area contributed by atoms with E-state index in [2.05, 4.69) is 10.0 Å². The Bertz CT molecular complexity index is 444. The number of rotatable bonds is 7. The molecular formula is C14H24N2O2S. The van der Waals surface area contributed by atoms with Crippen LogP contribution < -0.4 is 10.0 Å². The third-order valence-corrected chi connectivity index (χ3v) is 7.11. The molecule has 4 unspecified atom stereocenters. The smallest absolute Gasteiger partial charge is 0.211 e. The summed E-state index contributed by atoms with van der Waals surface area (Å²) in [4.78, 5) is 0. The van der Waals surface area contributed by atoms with Crippen molar-refractivity contribution in [3.63, 3.8) is 0 Å². The Hall–Kier alpha value is -0.130. The van der Waals surface area contributed by atoms with Gasteiger partial charge >= 0.3 is 0 Å². The molecule has 4 nitrogen and oxygen atoms in total. The Balaban J connectivity index is 1.23. The third kappa shape index (κ3) is 2.45. The van der Waals surface area contributed by atoms with Crippen LogP contribution in [-0.4, -0.2) is 32.8 Å². The summed E-state index contributed by atoms with van der Waals surface area (Å²) in [7, 11) is -3.05. The first-order chi connectivity index (χ1) is 9.14. The van der Waals surface area contributed by atoms with Crippen LogP contribution in [0.4, 0.5) is 0 Å². The van der Waals surface area contributed by atoms with E-state index in [-0.39, 0.29) is 5.75 Å². The quantitative estimate of drug-likeness (QED) is 0.688. The van der Waals surface area contributed by atoms with E-state index < -0.39 is 10.0 Å². The van der Waals surface area contributed by atoms with E-state index in [0.29, 0.717) is 23.9 Å². The molecule has 0 radical (unpaired) electrons. The highest BCUT2D eigenvalue weighted by molar-refractivity contribution is 7.89. The predicted octanol–water partition coefficient (Wildman–Crippen LogP) is 1.09. The Labute approximate surface area is 115 Å². The zero-order valence-corrected chi connectivity index (χ0v) is 12.2. The molecular weight excluding hydrogens is 260 g/mol. The first-order valence-electron chi connectivity index (χ1n) is 7.87. The Morgan fingerprint density at radius 2 is 1.68 bits per heavy atom. The first kappa shape index (κ1) is 12.6. The van der Waals surface area contributed by atoms with Gasteiger partial charge in [0, 0.05) is 12.1 Å². The molecule has 4 saturated carbocycles. The van der Waals surface area contributed by atoms with Crippen LogP contribution in [0.3, 0.4) is 0 Å². The van der Waals surface area contributed by atoms with Crippen molar-refractivity contribution in [1.82, 2.24) is 10.0 Å². The standard InChI is InChI=1S/C14H24N2O2S/c17-19(18,7-1-6-15-11-4-5-11)16-14-12-9-2-3-10(8-9)13(12)14/h9-16H,1-8H2. The van der Waals surface area contributed by atoms with E-state index in [1.54, 1.807) is 0 Å². The van der Waals surface area contributed by atoms with Crippen LogP contribution in [0.25, 0.3) is 0 Å². The lowest BCUT2D eigenvalue weighted by atomic mass is 10.0. The first-order valence-corrected chi connectivity index (χ1v) is 9.53. The third-order valence-electron chi connectivity index (χ3n) is 5.65. The van der Waals surface area contributed by atoms with Crippen molar-refractivity contribution < 1.29 is 8.42 Å². The molecule has 0 heterocycles. The molecule has 5 heteroatoms. The lowest BCUT2D eigenvalue weighted by Gasteiger charge is -2.11. The van der Waals surface area contributed by atoms with Crippen molar-refractivity contribution in [3.05, 3.63) is 0 Å². The topological polar surface area (TPSA) is 58.2 Å². The van der Waals surface area contributed by atoms with Crippen molar-refractivity contribution in [2.45, 2.75) is 50.6 Å². The van der Waals surface area contributed by atoms with E-state index in [0.717, 1.165) is 24.8 Å². The molecule has 2 bridgehead atoms. The summed E-state index contributed by atoms with van der Waals surface area (Å²) in [5.74, 6) is 3.34. The lowest BCUT2D eigenvalue weighted by Crippen LogP contribution is -2.33. The maximum absolute atomic E-state index is 12.1. The van der Waals surface area contributed by atoms with Gasteiger partial charge in [-0.2, -0.15) is 0 Å². The predicted molar refractivity (Wildman–Crippen MR) is 74.2 cm³/mol. The second-order valence-electron chi connectivity index (χ2n) is 7.03. The van der Waals surface area contributed by atoms with E-state index in [4.69, 9.17) is 0 Å². The fourth-order valence-corrected chi connectivity index (χ4v) is 5.98. The molecule has 0 saturated heterocycles. The van der Waals surface area contributed by atoms with Crippen molar-refractivity contribution in [2.24, 2.45) is 23.7 Å². The monoisotopic (exact) mass is 284 g/mol. The van der Waals surface area contributed by atoms with Gasteiger partial charge in [0.15, 0.2) is 0 Å². The highest BCUT2D eigenvalue weighted by Gasteiger charge is 2.65. The average molecular weight is 284 g/mol. The van der Waals surface area contributed by atoms with Crippen LogP contribution in [0.2, 0.25) is 0 Å². The molecule has 4 aliphatic rings. The van der Waals surface area contributed by atoms with Crippen LogP contribution in [-0.2, 0) is 10.0 Å². The molecule has 0 aliphatic heterocycles. The molecule has 0 spiro atoms. The molecule has 19 heavy (non-hydrogen) atoms.